The van der Waals surface area contributed by atoms with Crippen LogP contribution in [0.1, 0.15) is 55.1 Å². The Balaban J connectivity index is 1.63. The summed E-state index contributed by atoms with van der Waals surface area (Å²) in [6.07, 6.45) is 6.20. The average Bonchev–Trinajstić information content (AvgIpc) is 2.72. The minimum absolute atomic E-state index is 0.0982. The molecule has 1 aliphatic rings. The standard InChI is InChI=1S/C22H30N4O3/c1-4-6-17-9-18(11-20(10-17)29-16(2)3)12-23-22-24-13-19(14-25-22)21(27)26-7-5-8-28-15-26/h9-11,13-14,16H,4-8,12,15H2,1-3H3,(H,23,24,25). The Morgan fingerprint density at radius 2 is 2.00 bits per heavy atom. The second-order valence-electron chi connectivity index (χ2n) is 7.51. The molecule has 7 nitrogen and oxygen atoms in total. The molecule has 0 bridgehead atoms. The van der Waals surface area contributed by atoms with Gasteiger partial charge in [-0.3, -0.25) is 4.79 Å². The molecule has 0 saturated carbocycles. The lowest BCUT2D eigenvalue weighted by molar-refractivity contribution is -0.00575. The van der Waals surface area contributed by atoms with Crippen LogP contribution in [0.4, 0.5) is 5.95 Å². The van der Waals surface area contributed by atoms with Crippen LogP contribution in [0.2, 0.25) is 0 Å². The lowest BCUT2D eigenvalue weighted by Crippen LogP contribution is -2.38. The van der Waals surface area contributed by atoms with E-state index in [0.717, 1.165) is 30.6 Å². The van der Waals surface area contributed by atoms with Crippen LogP contribution in [0.15, 0.2) is 30.6 Å². The maximum absolute atomic E-state index is 12.4. The molecule has 29 heavy (non-hydrogen) atoms. The molecule has 1 N–H and O–H groups in total. The summed E-state index contributed by atoms with van der Waals surface area (Å²) in [5.41, 5.74) is 2.84. The number of nitrogens with one attached hydrogen (secondary N) is 1. The van der Waals surface area contributed by atoms with Gasteiger partial charge in [0.1, 0.15) is 12.5 Å². The SMILES string of the molecule is CCCc1cc(CNc2ncc(C(=O)N3CCCOC3)cn2)cc(OC(C)C)c1. The van der Waals surface area contributed by atoms with Crippen molar-refractivity contribution in [3.05, 3.63) is 47.3 Å². The van der Waals surface area contributed by atoms with E-state index in [9.17, 15) is 4.79 Å². The van der Waals surface area contributed by atoms with Crippen LogP contribution in [0, 0.1) is 0 Å². The summed E-state index contributed by atoms with van der Waals surface area (Å²) in [5, 5.41) is 3.23. The van der Waals surface area contributed by atoms with Crippen molar-refractivity contribution in [2.24, 2.45) is 0 Å². The van der Waals surface area contributed by atoms with Crippen molar-refractivity contribution in [2.45, 2.75) is 52.7 Å². The monoisotopic (exact) mass is 398 g/mol. The van der Waals surface area contributed by atoms with Crippen LogP contribution < -0.4 is 10.1 Å². The predicted molar refractivity (Wildman–Crippen MR) is 112 cm³/mol. The first kappa shape index (κ1) is 21.0. The van der Waals surface area contributed by atoms with Crippen LogP contribution in [0.3, 0.4) is 0 Å². The molecular weight excluding hydrogens is 368 g/mol. The van der Waals surface area contributed by atoms with Gasteiger partial charge in [0, 0.05) is 25.5 Å². The fourth-order valence-electron chi connectivity index (χ4n) is 3.25. The molecule has 2 heterocycles. The molecular formula is C22H30N4O3. The highest BCUT2D eigenvalue weighted by atomic mass is 16.5. The van der Waals surface area contributed by atoms with Crippen molar-refractivity contribution in [3.8, 4) is 5.75 Å². The third-order valence-electron chi connectivity index (χ3n) is 4.54. The van der Waals surface area contributed by atoms with E-state index in [0.29, 0.717) is 37.9 Å². The minimum Gasteiger partial charge on any atom is -0.491 e. The Hall–Kier alpha value is -2.67. The van der Waals surface area contributed by atoms with Crippen LogP contribution in [-0.4, -0.2) is 46.8 Å². The lowest BCUT2D eigenvalue weighted by Gasteiger charge is -2.26. The van der Waals surface area contributed by atoms with E-state index in [4.69, 9.17) is 9.47 Å². The highest BCUT2D eigenvalue weighted by Crippen LogP contribution is 2.20. The lowest BCUT2D eigenvalue weighted by atomic mass is 10.1. The molecule has 0 radical (unpaired) electrons. The molecule has 3 rings (SSSR count). The van der Waals surface area contributed by atoms with Gasteiger partial charge in [0.25, 0.3) is 5.91 Å². The van der Waals surface area contributed by atoms with Crippen molar-refractivity contribution in [3.63, 3.8) is 0 Å². The number of carbonyl (C=O) groups excluding carboxylic acids is 1. The van der Waals surface area contributed by atoms with Gasteiger partial charge in [0.15, 0.2) is 0 Å². The number of hydrogen-bond acceptors (Lipinski definition) is 6. The van der Waals surface area contributed by atoms with Crippen molar-refractivity contribution in [1.29, 1.82) is 0 Å². The van der Waals surface area contributed by atoms with Gasteiger partial charge >= 0.3 is 0 Å². The highest BCUT2D eigenvalue weighted by molar-refractivity contribution is 5.93. The van der Waals surface area contributed by atoms with E-state index < -0.39 is 0 Å². The molecule has 1 aromatic heterocycles. The zero-order valence-corrected chi connectivity index (χ0v) is 17.5. The molecule has 1 aliphatic heterocycles. The Morgan fingerprint density at radius 1 is 1.24 bits per heavy atom. The van der Waals surface area contributed by atoms with Crippen LogP contribution in [-0.2, 0) is 17.7 Å². The maximum atomic E-state index is 12.4. The van der Waals surface area contributed by atoms with Crippen LogP contribution in [0.5, 0.6) is 5.75 Å². The fourth-order valence-corrected chi connectivity index (χ4v) is 3.25. The number of ether oxygens (including phenoxy) is 2. The van der Waals surface area contributed by atoms with Gasteiger partial charge < -0.3 is 19.7 Å². The number of aromatic nitrogens is 2. The molecule has 0 aliphatic carbocycles. The second-order valence-corrected chi connectivity index (χ2v) is 7.51. The molecule has 156 valence electrons. The van der Waals surface area contributed by atoms with Crippen molar-refractivity contribution < 1.29 is 14.3 Å². The topological polar surface area (TPSA) is 76.6 Å². The smallest absolute Gasteiger partial charge is 0.258 e. The van der Waals surface area contributed by atoms with Gasteiger partial charge in [-0.2, -0.15) is 0 Å². The van der Waals surface area contributed by atoms with Crippen molar-refractivity contribution >= 4 is 11.9 Å². The van der Waals surface area contributed by atoms with Gasteiger partial charge in [-0.25, -0.2) is 9.97 Å². The number of nitrogens with zero attached hydrogens (tertiary/aromatic N) is 3. The van der Waals surface area contributed by atoms with E-state index in [1.165, 1.54) is 5.56 Å². The predicted octanol–water partition coefficient (Wildman–Crippen LogP) is 3.65. The minimum atomic E-state index is -0.0982. The van der Waals surface area contributed by atoms with Gasteiger partial charge in [0.05, 0.1) is 18.3 Å². The Morgan fingerprint density at radius 3 is 2.66 bits per heavy atom. The summed E-state index contributed by atoms with van der Waals surface area (Å²) in [6, 6.07) is 6.33. The average molecular weight is 399 g/mol. The van der Waals surface area contributed by atoms with Crippen molar-refractivity contribution in [2.75, 3.05) is 25.2 Å². The second kappa shape index (κ2) is 10.2. The van der Waals surface area contributed by atoms with Gasteiger partial charge in [0.2, 0.25) is 5.95 Å². The summed E-state index contributed by atoms with van der Waals surface area (Å²) in [4.78, 5) is 22.7. The fraction of sp³-hybridized carbons (Fsp3) is 0.500. The molecule has 7 heteroatoms. The molecule has 0 atom stereocenters. The summed E-state index contributed by atoms with van der Waals surface area (Å²) < 4.78 is 11.2. The molecule has 1 amide bonds. The van der Waals surface area contributed by atoms with E-state index in [-0.39, 0.29) is 12.0 Å². The number of amides is 1. The van der Waals surface area contributed by atoms with E-state index >= 15 is 0 Å². The summed E-state index contributed by atoms with van der Waals surface area (Å²) in [5.74, 6) is 1.27. The molecule has 1 fully saturated rings. The van der Waals surface area contributed by atoms with Gasteiger partial charge in [-0.05, 0) is 49.9 Å². The largest absolute Gasteiger partial charge is 0.491 e. The normalized spacial score (nSPS) is 14.1. The number of rotatable bonds is 8. The Labute approximate surface area is 172 Å². The zero-order valence-electron chi connectivity index (χ0n) is 17.5. The number of hydrogen-bond donors (Lipinski definition) is 1. The maximum Gasteiger partial charge on any atom is 0.258 e. The van der Waals surface area contributed by atoms with Gasteiger partial charge in [-0.15, -0.1) is 0 Å². The first-order chi connectivity index (χ1) is 14.0. The zero-order chi connectivity index (χ0) is 20.6. The van der Waals surface area contributed by atoms with E-state index in [1.807, 2.05) is 19.9 Å². The first-order valence-corrected chi connectivity index (χ1v) is 10.3. The number of benzene rings is 1. The number of carbonyl (C=O) groups is 1. The van der Waals surface area contributed by atoms with Crippen molar-refractivity contribution in [1.82, 2.24) is 14.9 Å². The van der Waals surface area contributed by atoms with E-state index in [2.05, 4.69) is 34.3 Å². The number of anilines is 1. The summed E-state index contributed by atoms with van der Waals surface area (Å²) >= 11 is 0. The summed E-state index contributed by atoms with van der Waals surface area (Å²) in [7, 11) is 0. The van der Waals surface area contributed by atoms with E-state index in [1.54, 1.807) is 17.3 Å². The quantitative estimate of drug-likeness (QED) is 0.731. The molecule has 0 spiro atoms. The third-order valence-corrected chi connectivity index (χ3v) is 4.54. The van der Waals surface area contributed by atoms with Gasteiger partial charge in [-0.1, -0.05) is 19.4 Å². The molecule has 1 aromatic carbocycles. The molecule has 0 unspecified atom stereocenters. The number of aryl methyl sites for hydroxylation is 1. The molecule has 2 aromatic rings. The van der Waals surface area contributed by atoms with Crippen LogP contribution in [0.25, 0.3) is 0 Å². The Kier molecular flexibility index (Phi) is 7.41. The first-order valence-electron chi connectivity index (χ1n) is 10.3. The van der Waals surface area contributed by atoms with Crippen LogP contribution >= 0.6 is 0 Å². The third kappa shape index (κ3) is 6.15. The summed E-state index contributed by atoms with van der Waals surface area (Å²) in [6.45, 7) is 8.53. The Bertz CT molecular complexity index is 802. The molecule has 1 saturated heterocycles. The highest BCUT2D eigenvalue weighted by Gasteiger charge is 2.19.